The van der Waals surface area contributed by atoms with Gasteiger partial charge in [0, 0.05) is 68.8 Å². The van der Waals surface area contributed by atoms with Gasteiger partial charge in [-0.15, -0.1) is 0 Å². The maximum Gasteiger partial charge on any atom is 1.00 e. The minimum atomic E-state index is -4.66. The van der Waals surface area contributed by atoms with Crippen LogP contribution in [0.4, 0.5) is 11.4 Å². The number of allylic oxidation sites excluding steroid dienone is 4. The molecule has 51 heavy (non-hydrogen) atoms. The van der Waals surface area contributed by atoms with Gasteiger partial charge in [-0.25, -0.2) is 16.8 Å². The van der Waals surface area contributed by atoms with Crippen molar-refractivity contribution in [2.24, 2.45) is 0 Å². The van der Waals surface area contributed by atoms with Crippen LogP contribution in [0.2, 0.25) is 31.7 Å². The van der Waals surface area contributed by atoms with E-state index in [0.29, 0.717) is 13.1 Å². The predicted molar refractivity (Wildman–Crippen MR) is 198 cm³/mol. The monoisotopic (exact) mass is 802 g/mol. The van der Waals surface area contributed by atoms with Gasteiger partial charge in [0.1, 0.15) is 26.8 Å². The number of hydrogen-bond donors (Lipinski definition) is 0. The molecule has 2 aromatic rings. The Bertz CT molecular complexity index is 1940. The summed E-state index contributed by atoms with van der Waals surface area (Å²) in [6, 6.07) is 10.8. The van der Waals surface area contributed by atoms with Crippen LogP contribution >= 0.6 is 0 Å². The molecule has 0 fully saturated rings. The van der Waals surface area contributed by atoms with Crippen LogP contribution < -0.4 is 56.3 Å². The summed E-state index contributed by atoms with van der Waals surface area (Å²) in [7, 11) is -8.41. The van der Waals surface area contributed by atoms with Crippen molar-refractivity contribution in [2.45, 2.75) is 92.9 Å². The van der Waals surface area contributed by atoms with E-state index in [1.165, 1.54) is 24.3 Å². The smallest absolute Gasteiger partial charge is 0.744 e. The number of fused-ring (bicyclic) bond motifs is 2. The molecule has 0 saturated carbocycles. The van der Waals surface area contributed by atoms with E-state index < -0.39 is 47.9 Å². The van der Waals surface area contributed by atoms with Crippen LogP contribution in [0.1, 0.15) is 51.7 Å². The molecule has 0 spiro atoms. The van der Waals surface area contributed by atoms with Gasteiger partial charge in [0.05, 0.1) is 15.2 Å². The SMILES string of the molecule is CO[Si](C)(C)CCC[N+]1=C(C=CC=C2N(CCC[Si](C)(OC)OC)c3ccc(S(=O)(=O)[O-])cc3C2(C)C)C(C)(C)c2cc(S(=O)(=O)[O-])ccc21.[K+]. The average Bonchev–Trinajstić information content (AvgIpc) is 3.38. The van der Waals surface area contributed by atoms with Gasteiger partial charge in [0.25, 0.3) is 0 Å². The Labute approximate surface area is 349 Å². The van der Waals surface area contributed by atoms with Gasteiger partial charge in [0.15, 0.2) is 14.0 Å². The largest absolute Gasteiger partial charge is 1.00 e. The number of rotatable bonds is 15. The molecule has 276 valence electrons. The molecule has 0 bridgehead atoms. The number of anilines is 1. The Hall–Kier alpha value is -0.840. The number of hydrogen-bond acceptors (Lipinski definition) is 10. The van der Waals surface area contributed by atoms with Gasteiger partial charge < -0.3 is 27.3 Å². The van der Waals surface area contributed by atoms with Crippen molar-refractivity contribution in [1.82, 2.24) is 0 Å². The first-order valence-corrected chi connectivity index (χ1v) is 25.2. The van der Waals surface area contributed by atoms with Crippen LogP contribution in [-0.4, -0.2) is 87.5 Å². The topological polar surface area (TPSA) is 148 Å². The first kappa shape index (κ1) is 44.6. The fourth-order valence-corrected chi connectivity index (χ4v) is 10.5. The standard InChI is InChI=1S/C35H52N2O9S2Si2.K/c1-34(2)28-24-26(47(38,39)40)16-18-30(28)36(20-12-22-49(8,9)44-5)32(34)14-11-15-33-35(3,4)29-25-27(48(41,42)43)17-19-31(29)37(33)21-13-23-50(10,45-6)46-7;/h11,14-19,24-25H,12-13,20-23H2,1-10H3,(H-,38,39,40,41,42,43);/q;+1/p-1. The molecule has 0 saturated heterocycles. The molecule has 0 unspecified atom stereocenters. The first-order chi connectivity index (χ1) is 23.0. The number of benzene rings is 2. The molecule has 0 N–H and O–H groups in total. The zero-order chi connectivity index (χ0) is 37.5. The molecule has 0 amide bonds. The average molecular weight is 803 g/mol. The van der Waals surface area contributed by atoms with Crippen molar-refractivity contribution >= 4 is 54.2 Å². The molecule has 0 atom stereocenters. The van der Waals surface area contributed by atoms with Crippen molar-refractivity contribution in [1.29, 1.82) is 0 Å². The zero-order valence-corrected chi connectivity index (χ0v) is 38.6. The summed E-state index contributed by atoms with van der Waals surface area (Å²) >= 11 is 0. The van der Waals surface area contributed by atoms with E-state index >= 15 is 0 Å². The quantitative estimate of drug-likeness (QED) is 0.150. The second-order valence-corrected chi connectivity index (χ2v) is 25.6. The Kier molecular flexibility index (Phi) is 14.4. The Balaban J connectivity index is 0.00000702. The van der Waals surface area contributed by atoms with Crippen LogP contribution in [0.15, 0.2) is 70.1 Å². The van der Waals surface area contributed by atoms with Gasteiger partial charge in [0.2, 0.25) is 5.69 Å². The third kappa shape index (κ3) is 9.70. The molecule has 2 aromatic carbocycles. The molecule has 0 radical (unpaired) electrons. The summed E-state index contributed by atoms with van der Waals surface area (Å²) in [5.41, 5.74) is 3.80. The summed E-state index contributed by atoms with van der Waals surface area (Å²) in [6.45, 7) is 15.7. The summed E-state index contributed by atoms with van der Waals surface area (Å²) in [5, 5.41) is 0. The van der Waals surface area contributed by atoms with Crippen molar-refractivity contribution in [3.8, 4) is 0 Å². The Morgan fingerprint density at radius 1 is 0.804 bits per heavy atom. The van der Waals surface area contributed by atoms with Gasteiger partial charge >= 0.3 is 59.9 Å². The third-order valence-electron chi connectivity index (χ3n) is 10.4. The van der Waals surface area contributed by atoms with Crippen LogP contribution in [0.5, 0.6) is 0 Å². The van der Waals surface area contributed by atoms with Gasteiger partial charge in [-0.05, 0) is 94.0 Å². The maximum absolute atomic E-state index is 12.0. The summed E-state index contributed by atoms with van der Waals surface area (Å²) in [6.07, 6.45) is 7.63. The second-order valence-electron chi connectivity index (χ2n) is 14.8. The van der Waals surface area contributed by atoms with Gasteiger partial charge in [-0.1, -0.05) is 19.9 Å². The summed E-state index contributed by atoms with van der Waals surface area (Å²) in [5.74, 6) is 0. The fraction of sp³-hybridized carbons (Fsp3) is 0.514. The Morgan fingerprint density at radius 2 is 1.37 bits per heavy atom. The normalized spacial score (nSPS) is 18.0. The van der Waals surface area contributed by atoms with Crippen molar-refractivity contribution in [3.63, 3.8) is 0 Å². The number of nitrogens with zero attached hydrogens (tertiary/aromatic N) is 2. The van der Waals surface area contributed by atoms with Gasteiger partial charge in [-0.3, -0.25) is 0 Å². The van der Waals surface area contributed by atoms with E-state index in [-0.39, 0.29) is 61.2 Å². The fourth-order valence-electron chi connectivity index (χ4n) is 6.94. The van der Waals surface area contributed by atoms with Crippen LogP contribution in [0.3, 0.4) is 0 Å². The van der Waals surface area contributed by atoms with Crippen molar-refractivity contribution in [2.75, 3.05) is 39.3 Å². The first-order valence-electron chi connectivity index (χ1n) is 16.7. The molecule has 2 aliphatic heterocycles. The minimum absolute atomic E-state index is 0. The summed E-state index contributed by atoms with van der Waals surface area (Å²) in [4.78, 5) is 1.64. The van der Waals surface area contributed by atoms with Crippen LogP contribution in [0, 0.1) is 0 Å². The van der Waals surface area contributed by atoms with E-state index in [1.54, 1.807) is 33.5 Å². The molecular formula is C35H51KN2O9S2Si2. The predicted octanol–water partition coefficient (Wildman–Crippen LogP) is 3.11. The molecular weight excluding hydrogens is 752 g/mol. The molecule has 0 aromatic heterocycles. The molecule has 4 rings (SSSR count). The van der Waals surface area contributed by atoms with Crippen molar-refractivity contribution < 1.29 is 95.2 Å². The van der Waals surface area contributed by atoms with E-state index in [2.05, 4.69) is 22.6 Å². The van der Waals surface area contributed by atoms with Crippen LogP contribution in [0.25, 0.3) is 0 Å². The van der Waals surface area contributed by atoms with E-state index in [1.807, 2.05) is 52.5 Å². The van der Waals surface area contributed by atoms with E-state index in [4.69, 9.17) is 13.3 Å². The summed E-state index contributed by atoms with van der Waals surface area (Å²) < 4.78 is 91.4. The van der Waals surface area contributed by atoms with Crippen molar-refractivity contribution in [3.05, 3.63) is 71.5 Å². The maximum atomic E-state index is 12.0. The second kappa shape index (κ2) is 16.5. The molecule has 2 aliphatic rings. The van der Waals surface area contributed by atoms with E-state index in [9.17, 15) is 25.9 Å². The molecule has 16 heteroatoms. The van der Waals surface area contributed by atoms with Crippen LogP contribution in [-0.2, 0) is 44.3 Å². The van der Waals surface area contributed by atoms with Gasteiger partial charge in [-0.2, -0.15) is 4.58 Å². The van der Waals surface area contributed by atoms with E-state index in [0.717, 1.165) is 58.8 Å². The molecule has 0 aliphatic carbocycles. The minimum Gasteiger partial charge on any atom is -0.744 e. The zero-order valence-electron chi connectivity index (χ0n) is 31.8. The molecule has 11 nitrogen and oxygen atoms in total. The third-order valence-corrected chi connectivity index (χ3v) is 17.7. The Morgan fingerprint density at radius 3 is 1.92 bits per heavy atom. The molecule has 2 heterocycles.